The number of benzene rings is 11. The molecule has 15 rings (SSSR count). The largest absolute Gasteiger partial charge is 0.311 e. The molecule has 0 spiro atoms. The summed E-state index contributed by atoms with van der Waals surface area (Å²) in [6, 6.07) is 99.0. The van der Waals surface area contributed by atoms with Gasteiger partial charge in [-0.3, -0.25) is 0 Å². The number of nitrogens with zero attached hydrogens (tertiary/aromatic N) is 5. The normalized spacial score (nSPS) is 12.4. The van der Waals surface area contributed by atoms with Crippen molar-refractivity contribution in [2.75, 3.05) is 14.7 Å². The molecule has 0 saturated heterocycles. The van der Waals surface area contributed by atoms with E-state index < -0.39 is 0 Å². The molecule has 0 amide bonds. The number of anilines is 9. The Hall–Kier alpha value is -10.1. The molecule has 0 saturated carbocycles. The lowest BCUT2D eigenvalue weighted by atomic mass is 9.98. The molecule has 13 aromatic rings. The Bertz CT molecular complexity index is 4340. The predicted octanol–water partition coefficient (Wildman–Crippen LogP) is 19.3. The lowest BCUT2D eigenvalue weighted by Crippen LogP contribution is -2.13. The Balaban J connectivity index is 0.840. The highest BCUT2D eigenvalue weighted by molar-refractivity contribution is 6.17. The van der Waals surface area contributed by atoms with Crippen LogP contribution in [0.4, 0.5) is 51.2 Å². The van der Waals surface area contributed by atoms with Gasteiger partial charge in [-0.2, -0.15) is 0 Å². The SMILES string of the molecule is C1=Cc2c(ccc3c2c2ccccc2n3-c2ccc(N(c3ccccc3)c3ccc(N4c5ccccc5-c5c(n(-c6ccccc6)c6ccccc56)-c5ccccc54)cc3)cc2)N(c2ccccc2)c2ccccc21. The number of para-hydroxylation sites is 8. The summed E-state index contributed by atoms with van der Waals surface area (Å²) in [5, 5.41) is 3.68. The number of aromatic nitrogens is 2. The van der Waals surface area contributed by atoms with Crippen molar-refractivity contribution in [2.24, 2.45) is 0 Å². The van der Waals surface area contributed by atoms with Crippen LogP contribution in [0.15, 0.2) is 273 Å². The molecule has 0 radical (unpaired) electrons. The van der Waals surface area contributed by atoms with Crippen LogP contribution in [-0.4, -0.2) is 9.13 Å². The van der Waals surface area contributed by atoms with E-state index in [0.717, 1.165) is 68.1 Å². The lowest BCUT2D eigenvalue weighted by Gasteiger charge is -2.29. The van der Waals surface area contributed by atoms with Crippen molar-refractivity contribution in [3.8, 4) is 33.8 Å². The maximum atomic E-state index is 2.45. The first-order chi connectivity index (χ1) is 37.3. The molecule has 0 bridgehead atoms. The van der Waals surface area contributed by atoms with Gasteiger partial charge in [0, 0.05) is 78.2 Å². The van der Waals surface area contributed by atoms with Crippen molar-refractivity contribution in [3.63, 3.8) is 0 Å². The van der Waals surface area contributed by atoms with Crippen LogP contribution in [0.5, 0.6) is 0 Å². The standard InChI is InChI=1S/C70H47N5/c1-4-21-49(22-5-1)71(52-37-41-54(42-38-52)73-63-33-17-12-28-57(63)69-58-29-13-18-34-64(58)75(51-25-8-3-9-26-51)70(69)60-30-14-19-35-65(60)73)53-39-43-55(44-40-53)74-62-32-16-11-27-56(62)68-59-45-36-48-20-10-15-31-61(48)72(50-23-6-2-7-24-50)66(59)46-47-67(68)74/h1-47H. The molecule has 75 heavy (non-hydrogen) atoms. The average Bonchev–Trinajstić information content (AvgIpc) is 3.93. The fourth-order valence-electron chi connectivity index (χ4n) is 12.0. The third kappa shape index (κ3) is 6.72. The van der Waals surface area contributed by atoms with Gasteiger partial charge in [0.05, 0.1) is 45.0 Å². The van der Waals surface area contributed by atoms with Crippen molar-refractivity contribution in [1.29, 1.82) is 0 Å². The topological polar surface area (TPSA) is 19.6 Å². The molecule has 0 N–H and O–H groups in total. The summed E-state index contributed by atoms with van der Waals surface area (Å²) < 4.78 is 4.87. The van der Waals surface area contributed by atoms with Crippen molar-refractivity contribution >= 4 is 96.0 Å². The Morgan fingerprint density at radius 3 is 1.47 bits per heavy atom. The molecule has 0 fully saturated rings. The Labute approximate surface area is 435 Å². The fraction of sp³-hybridized carbons (Fsp3) is 0. The smallest absolute Gasteiger partial charge is 0.0641 e. The fourth-order valence-corrected chi connectivity index (χ4v) is 12.0. The monoisotopic (exact) mass is 957 g/mol. The summed E-state index contributed by atoms with van der Waals surface area (Å²) in [6.07, 6.45) is 4.59. The molecule has 11 aromatic carbocycles. The second-order valence-corrected chi connectivity index (χ2v) is 19.3. The maximum absolute atomic E-state index is 2.45. The molecule has 0 aliphatic carbocycles. The number of hydrogen-bond acceptors (Lipinski definition) is 3. The van der Waals surface area contributed by atoms with E-state index in [9.17, 15) is 0 Å². The van der Waals surface area contributed by atoms with Gasteiger partial charge < -0.3 is 23.8 Å². The van der Waals surface area contributed by atoms with Gasteiger partial charge in [-0.15, -0.1) is 0 Å². The summed E-state index contributed by atoms with van der Waals surface area (Å²) in [6.45, 7) is 0. The van der Waals surface area contributed by atoms with Gasteiger partial charge in [0.25, 0.3) is 0 Å². The third-order valence-electron chi connectivity index (χ3n) is 15.2. The van der Waals surface area contributed by atoms with Crippen molar-refractivity contribution in [3.05, 3.63) is 284 Å². The van der Waals surface area contributed by atoms with Gasteiger partial charge in [-0.25, -0.2) is 0 Å². The van der Waals surface area contributed by atoms with Crippen LogP contribution in [0.25, 0.3) is 78.6 Å². The molecule has 0 unspecified atom stereocenters. The van der Waals surface area contributed by atoms with Gasteiger partial charge >= 0.3 is 0 Å². The van der Waals surface area contributed by atoms with E-state index in [2.05, 4.69) is 309 Å². The van der Waals surface area contributed by atoms with Crippen LogP contribution in [0, 0.1) is 0 Å². The molecule has 4 heterocycles. The number of hydrogen-bond donors (Lipinski definition) is 0. The summed E-state index contributed by atoms with van der Waals surface area (Å²) in [4.78, 5) is 7.20. The Kier molecular flexibility index (Phi) is 9.82. The minimum absolute atomic E-state index is 1.06. The zero-order chi connectivity index (χ0) is 49.4. The second kappa shape index (κ2) is 17.3. The molecular formula is C70H47N5. The average molecular weight is 958 g/mol. The van der Waals surface area contributed by atoms with Crippen molar-refractivity contribution in [1.82, 2.24) is 9.13 Å². The number of rotatable bonds is 7. The van der Waals surface area contributed by atoms with Gasteiger partial charge in [0.15, 0.2) is 0 Å². The Morgan fingerprint density at radius 1 is 0.280 bits per heavy atom. The molecule has 352 valence electrons. The molecule has 5 heteroatoms. The van der Waals surface area contributed by atoms with Crippen molar-refractivity contribution in [2.45, 2.75) is 0 Å². The maximum Gasteiger partial charge on any atom is 0.0641 e. The predicted molar refractivity (Wildman–Crippen MR) is 315 cm³/mol. The van der Waals surface area contributed by atoms with Crippen LogP contribution in [0.1, 0.15) is 11.1 Å². The second-order valence-electron chi connectivity index (χ2n) is 19.3. The van der Waals surface area contributed by atoms with Gasteiger partial charge in [-0.05, 0) is 133 Å². The summed E-state index contributed by atoms with van der Waals surface area (Å²) in [5.74, 6) is 0. The van der Waals surface area contributed by atoms with Gasteiger partial charge in [0.2, 0.25) is 0 Å². The molecule has 2 aliphatic rings. The Morgan fingerprint density at radius 2 is 0.760 bits per heavy atom. The first-order valence-electron chi connectivity index (χ1n) is 25.7. The van der Waals surface area contributed by atoms with Crippen LogP contribution >= 0.6 is 0 Å². The van der Waals surface area contributed by atoms with E-state index >= 15 is 0 Å². The molecular weight excluding hydrogens is 911 g/mol. The zero-order valence-corrected chi connectivity index (χ0v) is 40.9. The number of fused-ring (bicyclic) bond motifs is 13. The van der Waals surface area contributed by atoms with Gasteiger partial charge in [0.1, 0.15) is 0 Å². The lowest BCUT2D eigenvalue weighted by molar-refractivity contribution is 1.13. The quantitative estimate of drug-likeness (QED) is 0.159. The van der Waals surface area contributed by atoms with E-state index in [-0.39, 0.29) is 0 Å². The minimum atomic E-state index is 1.06. The first-order valence-corrected chi connectivity index (χ1v) is 25.7. The van der Waals surface area contributed by atoms with Crippen LogP contribution in [0.3, 0.4) is 0 Å². The summed E-state index contributed by atoms with van der Waals surface area (Å²) in [5.41, 5.74) is 22.9. The first kappa shape index (κ1) is 42.6. The highest BCUT2D eigenvalue weighted by atomic mass is 15.2. The van der Waals surface area contributed by atoms with Crippen LogP contribution in [0.2, 0.25) is 0 Å². The van der Waals surface area contributed by atoms with E-state index in [1.807, 2.05) is 0 Å². The molecule has 2 aromatic heterocycles. The zero-order valence-electron chi connectivity index (χ0n) is 40.9. The molecule has 2 aliphatic heterocycles. The molecule has 0 atom stereocenters. The van der Waals surface area contributed by atoms with E-state index in [1.54, 1.807) is 0 Å². The van der Waals surface area contributed by atoms with Crippen molar-refractivity contribution < 1.29 is 0 Å². The third-order valence-corrected chi connectivity index (χ3v) is 15.2. The highest BCUT2D eigenvalue weighted by Crippen LogP contribution is 2.55. The summed E-state index contributed by atoms with van der Waals surface area (Å²) in [7, 11) is 0. The van der Waals surface area contributed by atoms with Crippen LogP contribution in [-0.2, 0) is 0 Å². The van der Waals surface area contributed by atoms with E-state index in [1.165, 1.54) is 60.7 Å². The molecule has 5 nitrogen and oxygen atoms in total. The summed E-state index contributed by atoms with van der Waals surface area (Å²) >= 11 is 0. The van der Waals surface area contributed by atoms with Crippen LogP contribution < -0.4 is 14.7 Å². The van der Waals surface area contributed by atoms with Gasteiger partial charge in [-0.1, -0.05) is 158 Å². The highest BCUT2D eigenvalue weighted by Gasteiger charge is 2.32. The van der Waals surface area contributed by atoms with E-state index in [0.29, 0.717) is 0 Å². The minimum Gasteiger partial charge on any atom is -0.311 e. The van der Waals surface area contributed by atoms with E-state index in [4.69, 9.17) is 0 Å².